The van der Waals surface area contributed by atoms with E-state index in [9.17, 15) is 0 Å². The molecular weight excluding hydrogens is 313 g/mol. The van der Waals surface area contributed by atoms with Gasteiger partial charge in [-0.1, -0.05) is 6.07 Å². The SMILES string of the molecule is CC(C)(C)N1CCN(c2ccc(B3OC(C)(C)C(C)(C)O3)cn2)CC1. The van der Waals surface area contributed by atoms with Gasteiger partial charge in [0.1, 0.15) is 5.82 Å². The van der Waals surface area contributed by atoms with Crippen LogP contribution in [-0.4, -0.2) is 59.9 Å². The van der Waals surface area contributed by atoms with Crippen molar-refractivity contribution >= 4 is 18.4 Å². The summed E-state index contributed by atoms with van der Waals surface area (Å²) in [6.45, 7) is 19.3. The van der Waals surface area contributed by atoms with Crippen LogP contribution in [0.4, 0.5) is 5.82 Å². The second-order valence-electron chi connectivity index (χ2n) is 9.18. The topological polar surface area (TPSA) is 37.8 Å². The molecular formula is C19H32BN3O2. The smallest absolute Gasteiger partial charge is 0.399 e. The maximum Gasteiger partial charge on any atom is 0.496 e. The summed E-state index contributed by atoms with van der Waals surface area (Å²) >= 11 is 0. The van der Waals surface area contributed by atoms with E-state index in [1.807, 2.05) is 6.20 Å². The van der Waals surface area contributed by atoms with E-state index in [0.717, 1.165) is 37.5 Å². The van der Waals surface area contributed by atoms with E-state index in [4.69, 9.17) is 9.31 Å². The molecule has 0 atom stereocenters. The minimum atomic E-state index is -0.343. The lowest BCUT2D eigenvalue weighted by molar-refractivity contribution is 0.00578. The number of nitrogens with zero attached hydrogens (tertiary/aromatic N) is 3. The minimum Gasteiger partial charge on any atom is -0.399 e. The molecule has 0 saturated carbocycles. The highest BCUT2D eigenvalue weighted by atomic mass is 16.7. The normalized spacial score (nSPS) is 24.0. The van der Waals surface area contributed by atoms with Crippen molar-refractivity contribution in [2.24, 2.45) is 0 Å². The Balaban J connectivity index is 1.64. The van der Waals surface area contributed by atoms with Crippen molar-refractivity contribution in [1.82, 2.24) is 9.88 Å². The van der Waals surface area contributed by atoms with Gasteiger partial charge in [0, 0.05) is 43.4 Å². The van der Waals surface area contributed by atoms with Gasteiger partial charge < -0.3 is 14.2 Å². The molecule has 2 aliphatic rings. The molecule has 3 rings (SSSR count). The van der Waals surface area contributed by atoms with Crippen LogP contribution < -0.4 is 10.4 Å². The van der Waals surface area contributed by atoms with Crippen LogP contribution in [0.3, 0.4) is 0 Å². The molecule has 6 heteroatoms. The van der Waals surface area contributed by atoms with Crippen LogP contribution in [0.2, 0.25) is 0 Å². The van der Waals surface area contributed by atoms with Crippen LogP contribution in [-0.2, 0) is 9.31 Å². The molecule has 1 aromatic rings. The highest BCUT2D eigenvalue weighted by Crippen LogP contribution is 2.36. The molecule has 0 unspecified atom stereocenters. The van der Waals surface area contributed by atoms with E-state index < -0.39 is 0 Å². The van der Waals surface area contributed by atoms with Crippen molar-refractivity contribution in [3.05, 3.63) is 18.3 Å². The van der Waals surface area contributed by atoms with Gasteiger partial charge in [-0.25, -0.2) is 4.98 Å². The fourth-order valence-corrected chi connectivity index (χ4v) is 3.31. The Kier molecular flexibility index (Phi) is 4.67. The predicted molar refractivity (Wildman–Crippen MR) is 103 cm³/mol. The molecule has 138 valence electrons. The third kappa shape index (κ3) is 3.71. The highest BCUT2D eigenvalue weighted by Gasteiger charge is 2.51. The zero-order valence-corrected chi connectivity index (χ0v) is 16.8. The van der Waals surface area contributed by atoms with Gasteiger partial charge >= 0.3 is 7.12 Å². The van der Waals surface area contributed by atoms with Crippen LogP contribution in [0.25, 0.3) is 0 Å². The minimum absolute atomic E-state index is 0.236. The zero-order chi connectivity index (χ0) is 18.5. The molecule has 0 amide bonds. The summed E-state index contributed by atoms with van der Waals surface area (Å²) in [5.74, 6) is 1.04. The molecule has 0 aliphatic carbocycles. The van der Waals surface area contributed by atoms with E-state index in [-0.39, 0.29) is 23.9 Å². The first kappa shape index (κ1) is 18.7. The average Bonchev–Trinajstić information content (AvgIpc) is 2.75. The second-order valence-corrected chi connectivity index (χ2v) is 9.18. The first-order valence-electron chi connectivity index (χ1n) is 9.31. The zero-order valence-electron chi connectivity index (χ0n) is 16.8. The maximum atomic E-state index is 6.10. The molecule has 0 N–H and O–H groups in total. The van der Waals surface area contributed by atoms with Gasteiger partial charge in [-0.15, -0.1) is 0 Å². The van der Waals surface area contributed by atoms with Crippen LogP contribution >= 0.6 is 0 Å². The van der Waals surface area contributed by atoms with Crippen LogP contribution in [0, 0.1) is 0 Å². The lowest BCUT2D eigenvalue weighted by Gasteiger charge is -2.42. The predicted octanol–water partition coefficient (Wildman–Crippen LogP) is 2.30. The first-order valence-corrected chi connectivity index (χ1v) is 9.31. The summed E-state index contributed by atoms with van der Waals surface area (Å²) in [6.07, 6.45) is 1.90. The molecule has 25 heavy (non-hydrogen) atoms. The molecule has 0 radical (unpaired) electrons. The molecule has 0 aromatic carbocycles. The Hall–Kier alpha value is -1.11. The quantitative estimate of drug-likeness (QED) is 0.769. The van der Waals surface area contributed by atoms with Gasteiger partial charge in [-0.2, -0.15) is 0 Å². The number of anilines is 1. The molecule has 2 saturated heterocycles. The van der Waals surface area contributed by atoms with E-state index >= 15 is 0 Å². The van der Waals surface area contributed by atoms with Crippen LogP contribution in [0.1, 0.15) is 48.5 Å². The van der Waals surface area contributed by atoms with Gasteiger partial charge in [-0.3, -0.25) is 4.90 Å². The van der Waals surface area contributed by atoms with Crippen molar-refractivity contribution in [1.29, 1.82) is 0 Å². The Bertz CT molecular complexity index is 586. The van der Waals surface area contributed by atoms with E-state index in [1.54, 1.807) is 0 Å². The standard InChI is InChI=1S/C19H32BN3O2/c1-17(2,3)23-12-10-22(11-13-23)16-9-8-15(14-21-16)20-24-18(4,5)19(6,7)25-20/h8-9,14H,10-13H2,1-7H3. The lowest BCUT2D eigenvalue weighted by Crippen LogP contribution is -2.53. The summed E-state index contributed by atoms with van der Waals surface area (Å²) in [7, 11) is -0.343. The Morgan fingerprint density at radius 3 is 1.96 bits per heavy atom. The van der Waals surface area contributed by atoms with Gasteiger partial charge in [0.15, 0.2) is 0 Å². The summed E-state index contributed by atoms with van der Waals surface area (Å²) in [4.78, 5) is 9.56. The second kappa shape index (κ2) is 6.25. The van der Waals surface area contributed by atoms with Crippen molar-refractivity contribution < 1.29 is 9.31 Å². The molecule has 5 nitrogen and oxygen atoms in total. The van der Waals surface area contributed by atoms with Crippen molar-refractivity contribution in [3.63, 3.8) is 0 Å². The number of pyridine rings is 1. The number of hydrogen-bond donors (Lipinski definition) is 0. The Labute approximate surface area is 152 Å². The largest absolute Gasteiger partial charge is 0.496 e. The van der Waals surface area contributed by atoms with E-state index in [1.165, 1.54) is 0 Å². The van der Waals surface area contributed by atoms with E-state index in [0.29, 0.717) is 0 Å². The monoisotopic (exact) mass is 345 g/mol. The molecule has 1 aromatic heterocycles. The maximum absolute atomic E-state index is 6.10. The number of rotatable bonds is 2. The van der Waals surface area contributed by atoms with Gasteiger partial charge in [0.25, 0.3) is 0 Å². The summed E-state index contributed by atoms with van der Waals surface area (Å²) in [5.41, 5.74) is 0.579. The Morgan fingerprint density at radius 1 is 0.960 bits per heavy atom. The number of hydrogen-bond acceptors (Lipinski definition) is 5. The molecule has 2 fully saturated rings. The van der Waals surface area contributed by atoms with Crippen molar-refractivity contribution in [2.45, 2.75) is 65.2 Å². The summed E-state index contributed by atoms with van der Waals surface area (Å²) in [6, 6.07) is 4.17. The molecule has 2 aliphatic heterocycles. The van der Waals surface area contributed by atoms with Crippen molar-refractivity contribution in [2.75, 3.05) is 31.1 Å². The third-order valence-corrected chi connectivity index (χ3v) is 5.85. The first-order chi connectivity index (χ1) is 11.5. The molecule has 3 heterocycles. The van der Waals surface area contributed by atoms with E-state index in [2.05, 4.69) is 75.4 Å². The van der Waals surface area contributed by atoms with Crippen molar-refractivity contribution in [3.8, 4) is 0 Å². The fourth-order valence-electron chi connectivity index (χ4n) is 3.31. The van der Waals surface area contributed by atoms with Gasteiger partial charge in [0.05, 0.1) is 11.2 Å². The number of aromatic nitrogens is 1. The summed E-state index contributed by atoms with van der Waals surface area (Å²) < 4.78 is 12.2. The highest BCUT2D eigenvalue weighted by molar-refractivity contribution is 6.62. The summed E-state index contributed by atoms with van der Waals surface area (Å²) in [5, 5.41) is 0. The van der Waals surface area contributed by atoms with Gasteiger partial charge in [-0.05, 0) is 54.5 Å². The number of piperazine rings is 1. The molecule has 0 bridgehead atoms. The third-order valence-electron chi connectivity index (χ3n) is 5.85. The van der Waals surface area contributed by atoms with Gasteiger partial charge in [0.2, 0.25) is 0 Å². The Morgan fingerprint density at radius 2 is 1.52 bits per heavy atom. The average molecular weight is 345 g/mol. The van der Waals surface area contributed by atoms with Crippen LogP contribution in [0.15, 0.2) is 18.3 Å². The lowest BCUT2D eigenvalue weighted by atomic mass is 9.80. The molecule has 0 spiro atoms. The van der Waals surface area contributed by atoms with Crippen LogP contribution in [0.5, 0.6) is 0 Å². The fraction of sp³-hybridized carbons (Fsp3) is 0.737.